The van der Waals surface area contributed by atoms with Gasteiger partial charge in [0.1, 0.15) is 5.75 Å². The Kier molecular flexibility index (Phi) is 10.8. The van der Waals surface area contributed by atoms with Gasteiger partial charge >= 0.3 is 6.09 Å². The summed E-state index contributed by atoms with van der Waals surface area (Å²) in [6, 6.07) is 12.6. The fraction of sp³-hybridized carbons (Fsp3) is 0.367. The van der Waals surface area contributed by atoms with Gasteiger partial charge < -0.3 is 20.3 Å². The molecule has 2 N–H and O–H groups in total. The summed E-state index contributed by atoms with van der Waals surface area (Å²) in [5.74, 6) is 0.607. The van der Waals surface area contributed by atoms with Gasteiger partial charge in [-0.15, -0.1) is 0 Å². The number of rotatable bonds is 13. The number of carbonyl (C=O) groups excluding carboxylic acids is 2. The molecule has 0 aliphatic rings. The number of aromatic nitrogens is 4. The third-order valence-electron chi connectivity index (χ3n) is 6.45. The lowest BCUT2D eigenvalue weighted by atomic mass is 10.1. The average molecular weight is 623 g/mol. The molecule has 0 bridgehead atoms. The molecule has 0 aliphatic heterocycles. The standard InChI is InChI=1S/C30H36BrN7O3/c1-4-5-6-7-18-38-28-24(27(36-38)35-29(39)22-10-8-15-32-20-22)19-25(31)26(34-28)21-11-13-23(14-12-21)41-30(40)33-16-9-17-37(2)3/h8,10-15,19-20H,4-7,9,16-18H2,1-3H3,(H,33,40)(H,35,36,39). The molecule has 0 radical (unpaired) electrons. The van der Waals surface area contributed by atoms with Crippen LogP contribution >= 0.6 is 15.9 Å². The molecular formula is C30H36BrN7O3. The molecule has 0 unspecified atom stereocenters. The van der Waals surface area contributed by atoms with Crippen molar-refractivity contribution >= 4 is 44.8 Å². The Bertz CT molecular complexity index is 1460. The van der Waals surface area contributed by atoms with Gasteiger partial charge in [0.15, 0.2) is 11.5 Å². The van der Waals surface area contributed by atoms with Crippen LogP contribution in [0.15, 0.2) is 59.3 Å². The van der Waals surface area contributed by atoms with Gasteiger partial charge in [-0.3, -0.25) is 9.78 Å². The van der Waals surface area contributed by atoms with E-state index < -0.39 is 6.09 Å². The first-order valence-corrected chi connectivity index (χ1v) is 14.6. The van der Waals surface area contributed by atoms with Crippen LogP contribution in [0, 0.1) is 0 Å². The number of unbranched alkanes of at least 4 members (excludes halogenated alkanes) is 3. The van der Waals surface area contributed by atoms with Gasteiger partial charge in [-0.1, -0.05) is 26.2 Å². The number of nitrogens with zero attached hydrogens (tertiary/aromatic N) is 5. The second-order valence-corrected chi connectivity index (χ2v) is 10.9. The molecule has 4 aromatic rings. The number of nitrogens with one attached hydrogen (secondary N) is 2. The Morgan fingerprint density at radius 3 is 2.59 bits per heavy atom. The Balaban J connectivity index is 1.55. The van der Waals surface area contributed by atoms with E-state index in [1.54, 1.807) is 30.5 Å². The highest BCUT2D eigenvalue weighted by molar-refractivity contribution is 9.10. The number of hydrogen-bond donors (Lipinski definition) is 2. The van der Waals surface area contributed by atoms with Crippen LogP contribution in [0.5, 0.6) is 5.75 Å². The minimum Gasteiger partial charge on any atom is -0.410 e. The summed E-state index contributed by atoms with van der Waals surface area (Å²) in [7, 11) is 3.99. The third-order valence-corrected chi connectivity index (χ3v) is 7.05. The normalized spacial score (nSPS) is 11.1. The van der Waals surface area contributed by atoms with E-state index in [2.05, 4.69) is 43.4 Å². The van der Waals surface area contributed by atoms with Crippen LogP contribution < -0.4 is 15.4 Å². The van der Waals surface area contributed by atoms with Crippen molar-refractivity contribution in [3.8, 4) is 17.0 Å². The van der Waals surface area contributed by atoms with Gasteiger partial charge in [-0.05, 0) is 91.9 Å². The molecule has 0 saturated carbocycles. The van der Waals surface area contributed by atoms with E-state index in [-0.39, 0.29) is 5.91 Å². The largest absolute Gasteiger partial charge is 0.412 e. The van der Waals surface area contributed by atoms with Gasteiger partial charge in [0.25, 0.3) is 5.91 Å². The van der Waals surface area contributed by atoms with Crippen molar-refractivity contribution in [2.45, 2.75) is 45.6 Å². The zero-order valence-electron chi connectivity index (χ0n) is 23.7. The fourth-order valence-corrected chi connectivity index (χ4v) is 4.84. The molecule has 4 rings (SSSR count). The summed E-state index contributed by atoms with van der Waals surface area (Å²) >= 11 is 3.67. The smallest absolute Gasteiger partial charge is 0.410 e. The Morgan fingerprint density at radius 1 is 1.07 bits per heavy atom. The molecule has 216 valence electrons. The third kappa shape index (κ3) is 8.34. The van der Waals surface area contributed by atoms with Crippen molar-refractivity contribution in [3.63, 3.8) is 0 Å². The zero-order valence-corrected chi connectivity index (χ0v) is 25.3. The second-order valence-electron chi connectivity index (χ2n) is 10.0. The number of amides is 2. The quantitative estimate of drug-likeness (QED) is 0.173. The number of aryl methyl sites for hydroxylation is 1. The van der Waals surface area contributed by atoms with E-state index in [0.29, 0.717) is 35.9 Å². The summed E-state index contributed by atoms with van der Waals surface area (Å²) in [5, 5.41) is 11.2. The molecule has 2 amide bonds. The van der Waals surface area contributed by atoms with Crippen LogP contribution in [0.25, 0.3) is 22.3 Å². The summed E-state index contributed by atoms with van der Waals surface area (Å²) in [4.78, 5) is 36.1. The Morgan fingerprint density at radius 2 is 1.88 bits per heavy atom. The minimum absolute atomic E-state index is 0.284. The van der Waals surface area contributed by atoms with Gasteiger partial charge in [-0.25, -0.2) is 14.5 Å². The molecule has 0 spiro atoms. The van der Waals surface area contributed by atoms with Crippen molar-refractivity contribution < 1.29 is 14.3 Å². The minimum atomic E-state index is -0.481. The van der Waals surface area contributed by atoms with Crippen LogP contribution in [0.4, 0.5) is 10.6 Å². The van der Waals surface area contributed by atoms with Crippen molar-refractivity contribution in [2.24, 2.45) is 0 Å². The van der Waals surface area contributed by atoms with E-state index in [0.717, 1.165) is 59.8 Å². The van der Waals surface area contributed by atoms with E-state index in [1.807, 2.05) is 37.0 Å². The van der Waals surface area contributed by atoms with Gasteiger partial charge in [-0.2, -0.15) is 5.10 Å². The first-order chi connectivity index (χ1) is 19.9. The summed E-state index contributed by atoms with van der Waals surface area (Å²) in [5.41, 5.74) is 2.69. The molecule has 0 fully saturated rings. The molecular weight excluding hydrogens is 586 g/mol. The molecule has 3 heterocycles. The highest BCUT2D eigenvalue weighted by Gasteiger charge is 2.19. The van der Waals surface area contributed by atoms with E-state index >= 15 is 0 Å². The lowest BCUT2D eigenvalue weighted by molar-refractivity contribution is 0.102. The molecule has 3 aromatic heterocycles. The van der Waals surface area contributed by atoms with Crippen molar-refractivity contribution in [3.05, 3.63) is 64.9 Å². The van der Waals surface area contributed by atoms with E-state index in [9.17, 15) is 9.59 Å². The predicted molar refractivity (Wildman–Crippen MR) is 164 cm³/mol. The number of hydrogen-bond acceptors (Lipinski definition) is 7. The van der Waals surface area contributed by atoms with Crippen molar-refractivity contribution in [1.82, 2.24) is 30.0 Å². The van der Waals surface area contributed by atoms with Gasteiger partial charge in [0.05, 0.1) is 16.6 Å². The maximum absolute atomic E-state index is 12.9. The Labute approximate surface area is 248 Å². The number of benzene rings is 1. The number of pyridine rings is 2. The molecule has 1 aromatic carbocycles. The maximum atomic E-state index is 12.9. The van der Waals surface area contributed by atoms with Crippen LogP contribution in [0.3, 0.4) is 0 Å². The first-order valence-electron chi connectivity index (χ1n) is 13.8. The first kappa shape index (κ1) is 30.1. The molecule has 11 heteroatoms. The van der Waals surface area contributed by atoms with E-state index in [4.69, 9.17) is 14.8 Å². The number of ether oxygens (including phenoxy) is 1. The number of fused-ring (bicyclic) bond motifs is 1. The fourth-order valence-electron chi connectivity index (χ4n) is 4.30. The van der Waals surface area contributed by atoms with E-state index in [1.165, 1.54) is 6.20 Å². The highest BCUT2D eigenvalue weighted by Crippen LogP contribution is 2.33. The maximum Gasteiger partial charge on any atom is 0.412 e. The number of carbonyl (C=O) groups is 2. The predicted octanol–water partition coefficient (Wildman–Crippen LogP) is 6.13. The zero-order chi connectivity index (χ0) is 29.2. The summed E-state index contributed by atoms with van der Waals surface area (Å²) < 4.78 is 8.03. The molecule has 0 atom stereocenters. The molecule has 0 aliphatic carbocycles. The van der Waals surface area contributed by atoms with Crippen molar-refractivity contribution in [1.29, 1.82) is 0 Å². The van der Waals surface area contributed by atoms with Crippen LogP contribution in [-0.4, -0.2) is 63.8 Å². The van der Waals surface area contributed by atoms with Crippen LogP contribution in [0.2, 0.25) is 0 Å². The summed E-state index contributed by atoms with van der Waals surface area (Å²) in [6.45, 7) is 4.29. The number of halogens is 1. The second kappa shape index (κ2) is 14.7. The lowest BCUT2D eigenvalue weighted by Gasteiger charge is -2.11. The highest BCUT2D eigenvalue weighted by atomic mass is 79.9. The van der Waals surface area contributed by atoms with Crippen molar-refractivity contribution in [2.75, 3.05) is 32.5 Å². The average Bonchev–Trinajstić information content (AvgIpc) is 3.29. The topological polar surface area (TPSA) is 114 Å². The van der Waals surface area contributed by atoms with Gasteiger partial charge in [0, 0.05) is 35.5 Å². The molecule has 0 saturated heterocycles. The van der Waals surface area contributed by atoms with Gasteiger partial charge in [0.2, 0.25) is 0 Å². The Hall–Kier alpha value is -3.83. The lowest BCUT2D eigenvalue weighted by Crippen LogP contribution is -2.29. The molecule has 41 heavy (non-hydrogen) atoms. The van der Waals surface area contributed by atoms with Crippen LogP contribution in [0.1, 0.15) is 49.4 Å². The SMILES string of the molecule is CCCCCCn1nc(NC(=O)c2cccnc2)c2cc(Br)c(-c3ccc(OC(=O)NCCCN(C)C)cc3)nc21. The monoisotopic (exact) mass is 621 g/mol. The summed E-state index contributed by atoms with van der Waals surface area (Å²) in [6.07, 6.45) is 7.84. The number of anilines is 1. The molecule has 10 nitrogen and oxygen atoms in total. The van der Waals surface area contributed by atoms with Crippen LogP contribution in [-0.2, 0) is 6.54 Å².